The van der Waals surface area contributed by atoms with Gasteiger partial charge in [-0.25, -0.2) is 4.39 Å². The molecule has 1 aliphatic carbocycles. The van der Waals surface area contributed by atoms with E-state index < -0.39 is 0 Å². The molecule has 26 heavy (non-hydrogen) atoms. The Morgan fingerprint density at radius 3 is 2.23 bits per heavy atom. The molecule has 0 heterocycles. The Hall–Kier alpha value is -2.73. The SMILES string of the molecule is CC(=O)Nc1ccc(NC(=O)C[NH+](Cc2ccccc2F)C2CC2)cc1. The van der Waals surface area contributed by atoms with Crippen molar-refractivity contribution in [1.82, 2.24) is 0 Å². The predicted molar refractivity (Wildman–Crippen MR) is 98.3 cm³/mol. The Bertz CT molecular complexity index is 788. The first-order valence-corrected chi connectivity index (χ1v) is 8.77. The van der Waals surface area contributed by atoms with E-state index in [2.05, 4.69) is 10.6 Å². The van der Waals surface area contributed by atoms with Crippen LogP contribution in [0.4, 0.5) is 15.8 Å². The van der Waals surface area contributed by atoms with Gasteiger partial charge < -0.3 is 15.5 Å². The fourth-order valence-corrected chi connectivity index (χ4v) is 2.98. The number of hydrogen-bond acceptors (Lipinski definition) is 2. The average molecular weight is 356 g/mol. The van der Waals surface area contributed by atoms with Gasteiger partial charge in [-0.1, -0.05) is 18.2 Å². The third kappa shape index (κ3) is 5.13. The van der Waals surface area contributed by atoms with E-state index >= 15 is 0 Å². The molecule has 0 aromatic heterocycles. The van der Waals surface area contributed by atoms with Crippen molar-refractivity contribution in [2.75, 3.05) is 17.2 Å². The molecule has 0 bridgehead atoms. The minimum atomic E-state index is -0.223. The fourth-order valence-electron chi connectivity index (χ4n) is 2.98. The lowest BCUT2D eigenvalue weighted by molar-refractivity contribution is -0.917. The van der Waals surface area contributed by atoms with Crippen LogP contribution in [-0.2, 0) is 16.1 Å². The van der Waals surface area contributed by atoms with E-state index in [9.17, 15) is 14.0 Å². The Kier molecular flexibility index (Phi) is 5.63. The molecule has 1 saturated carbocycles. The molecule has 0 aliphatic heterocycles. The van der Waals surface area contributed by atoms with E-state index in [0.717, 1.165) is 17.7 Å². The number of quaternary nitrogens is 1. The van der Waals surface area contributed by atoms with Crippen molar-refractivity contribution in [3.8, 4) is 0 Å². The van der Waals surface area contributed by atoms with Gasteiger partial charge in [0.15, 0.2) is 6.54 Å². The van der Waals surface area contributed by atoms with Gasteiger partial charge in [0.25, 0.3) is 5.91 Å². The molecule has 0 saturated heterocycles. The van der Waals surface area contributed by atoms with Crippen LogP contribution in [0.5, 0.6) is 0 Å². The van der Waals surface area contributed by atoms with E-state index in [0.29, 0.717) is 36.1 Å². The van der Waals surface area contributed by atoms with E-state index in [4.69, 9.17) is 0 Å². The number of carbonyl (C=O) groups is 2. The number of benzene rings is 2. The first-order chi connectivity index (χ1) is 12.5. The second-order valence-electron chi connectivity index (χ2n) is 6.68. The van der Waals surface area contributed by atoms with Crippen molar-refractivity contribution in [2.24, 2.45) is 0 Å². The van der Waals surface area contributed by atoms with Gasteiger partial charge in [0.2, 0.25) is 5.91 Å². The van der Waals surface area contributed by atoms with Crippen LogP contribution in [0.1, 0.15) is 25.3 Å². The molecule has 2 aromatic carbocycles. The van der Waals surface area contributed by atoms with Crippen LogP contribution in [0.15, 0.2) is 48.5 Å². The summed E-state index contributed by atoms with van der Waals surface area (Å²) in [6, 6.07) is 14.1. The van der Waals surface area contributed by atoms with Crippen LogP contribution in [-0.4, -0.2) is 24.4 Å². The summed E-state index contributed by atoms with van der Waals surface area (Å²) in [6.07, 6.45) is 2.14. The lowest BCUT2D eigenvalue weighted by Gasteiger charge is -2.19. The Morgan fingerprint density at radius 1 is 1.04 bits per heavy atom. The van der Waals surface area contributed by atoms with Crippen LogP contribution < -0.4 is 15.5 Å². The molecular formula is C20H23FN3O2+. The standard InChI is InChI=1S/C20H22FN3O2/c1-14(25)22-16-6-8-17(9-7-16)23-20(26)13-24(18-10-11-18)12-15-4-2-3-5-19(15)21/h2-9,18H,10-13H2,1H3,(H,22,25)(H,23,26)/p+1. The van der Waals surface area contributed by atoms with Crippen LogP contribution in [0.3, 0.4) is 0 Å². The molecule has 2 aromatic rings. The number of hydrogen-bond donors (Lipinski definition) is 3. The van der Waals surface area contributed by atoms with Crippen molar-refractivity contribution in [1.29, 1.82) is 0 Å². The van der Waals surface area contributed by atoms with Crippen molar-refractivity contribution in [3.05, 3.63) is 59.9 Å². The first-order valence-electron chi connectivity index (χ1n) is 8.77. The molecule has 136 valence electrons. The molecule has 6 heteroatoms. The number of anilines is 2. The third-order valence-corrected chi connectivity index (χ3v) is 4.41. The molecular weight excluding hydrogens is 333 g/mol. The molecule has 1 atom stereocenters. The van der Waals surface area contributed by atoms with Gasteiger partial charge in [0.1, 0.15) is 12.4 Å². The van der Waals surface area contributed by atoms with E-state index in [1.807, 2.05) is 6.07 Å². The normalized spacial score (nSPS) is 14.5. The molecule has 3 N–H and O–H groups in total. The van der Waals surface area contributed by atoms with E-state index in [1.54, 1.807) is 36.4 Å². The monoisotopic (exact) mass is 356 g/mol. The van der Waals surface area contributed by atoms with Gasteiger partial charge in [-0.15, -0.1) is 0 Å². The average Bonchev–Trinajstić information content (AvgIpc) is 3.42. The van der Waals surface area contributed by atoms with Gasteiger partial charge in [0.05, 0.1) is 6.04 Å². The fraction of sp³-hybridized carbons (Fsp3) is 0.300. The largest absolute Gasteiger partial charge is 0.326 e. The number of rotatable bonds is 7. The minimum Gasteiger partial charge on any atom is -0.326 e. The van der Waals surface area contributed by atoms with Gasteiger partial charge in [-0.2, -0.15) is 0 Å². The maximum atomic E-state index is 13.9. The topological polar surface area (TPSA) is 62.6 Å². The maximum Gasteiger partial charge on any atom is 0.279 e. The molecule has 0 radical (unpaired) electrons. The zero-order valence-corrected chi connectivity index (χ0v) is 14.7. The molecule has 3 rings (SSSR count). The molecule has 5 nitrogen and oxygen atoms in total. The Morgan fingerprint density at radius 2 is 1.65 bits per heavy atom. The minimum absolute atomic E-state index is 0.101. The summed E-state index contributed by atoms with van der Waals surface area (Å²) in [7, 11) is 0. The highest BCUT2D eigenvalue weighted by atomic mass is 19.1. The predicted octanol–water partition coefficient (Wildman–Crippen LogP) is 1.97. The van der Waals surface area contributed by atoms with E-state index in [-0.39, 0.29) is 17.6 Å². The number of carbonyl (C=O) groups excluding carboxylic acids is 2. The molecule has 0 spiro atoms. The summed E-state index contributed by atoms with van der Waals surface area (Å²) in [4.78, 5) is 24.5. The van der Waals surface area contributed by atoms with Gasteiger partial charge in [-0.3, -0.25) is 9.59 Å². The Labute approximate surface area is 152 Å². The van der Waals surface area contributed by atoms with Crippen LogP contribution >= 0.6 is 0 Å². The van der Waals surface area contributed by atoms with Gasteiger partial charge in [0, 0.05) is 36.7 Å². The van der Waals surface area contributed by atoms with Gasteiger partial charge >= 0.3 is 0 Å². The first kappa shape index (κ1) is 18.1. The lowest BCUT2D eigenvalue weighted by Crippen LogP contribution is -3.13. The quantitative estimate of drug-likeness (QED) is 0.710. The zero-order valence-electron chi connectivity index (χ0n) is 14.7. The highest BCUT2D eigenvalue weighted by Gasteiger charge is 2.35. The summed E-state index contributed by atoms with van der Waals surface area (Å²) >= 11 is 0. The molecule has 1 fully saturated rings. The van der Waals surface area contributed by atoms with Crippen molar-refractivity contribution in [3.63, 3.8) is 0 Å². The summed E-state index contributed by atoms with van der Waals surface area (Å²) in [5.41, 5.74) is 1.99. The second-order valence-corrected chi connectivity index (χ2v) is 6.68. The summed E-state index contributed by atoms with van der Waals surface area (Å²) in [5, 5.41) is 5.55. The van der Waals surface area contributed by atoms with Crippen molar-refractivity contribution < 1.29 is 18.9 Å². The lowest BCUT2D eigenvalue weighted by atomic mass is 10.2. The smallest absolute Gasteiger partial charge is 0.279 e. The third-order valence-electron chi connectivity index (χ3n) is 4.41. The van der Waals surface area contributed by atoms with Crippen LogP contribution in [0, 0.1) is 5.82 Å². The summed E-state index contributed by atoms with van der Waals surface area (Å²) in [6.45, 7) is 2.25. The maximum absolute atomic E-state index is 13.9. The summed E-state index contributed by atoms with van der Waals surface area (Å²) in [5.74, 6) is -0.464. The highest BCUT2D eigenvalue weighted by molar-refractivity contribution is 5.92. The molecule has 2 amide bonds. The van der Waals surface area contributed by atoms with Crippen LogP contribution in [0.25, 0.3) is 0 Å². The Balaban J connectivity index is 1.58. The van der Waals surface area contributed by atoms with Crippen molar-refractivity contribution >= 4 is 23.2 Å². The highest BCUT2D eigenvalue weighted by Crippen LogP contribution is 2.17. The second kappa shape index (κ2) is 8.10. The number of amides is 2. The number of nitrogens with one attached hydrogen (secondary N) is 3. The molecule has 1 aliphatic rings. The summed E-state index contributed by atoms with van der Waals surface area (Å²) < 4.78 is 13.9. The van der Waals surface area contributed by atoms with Gasteiger partial charge in [-0.05, 0) is 30.3 Å². The number of halogens is 1. The van der Waals surface area contributed by atoms with Crippen molar-refractivity contribution in [2.45, 2.75) is 32.4 Å². The van der Waals surface area contributed by atoms with E-state index in [1.165, 1.54) is 13.0 Å². The van der Waals surface area contributed by atoms with Crippen LogP contribution in [0.2, 0.25) is 0 Å². The zero-order chi connectivity index (χ0) is 18.5. The molecule has 1 unspecified atom stereocenters.